The molecule has 31 heavy (non-hydrogen) atoms. The molecule has 3 rings (SSSR count). The fraction of sp³-hybridized carbons (Fsp3) is 0.130. The van der Waals surface area contributed by atoms with E-state index in [-0.39, 0.29) is 22.2 Å². The van der Waals surface area contributed by atoms with Gasteiger partial charge in [-0.1, -0.05) is 48.0 Å². The summed E-state index contributed by atoms with van der Waals surface area (Å²) in [6.45, 7) is 2.40. The van der Waals surface area contributed by atoms with Gasteiger partial charge in [0.1, 0.15) is 0 Å². The molecule has 0 saturated heterocycles. The molecule has 8 heteroatoms. The Balaban J connectivity index is 1.81. The molecule has 1 N–H and O–H groups in total. The van der Waals surface area contributed by atoms with Gasteiger partial charge in [-0.25, -0.2) is 0 Å². The summed E-state index contributed by atoms with van der Waals surface area (Å²) in [5.41, 5.74) is 2.61. The van der Waals surface area contributed by atoms with E-state index in [1.54, 1.807) is 36.2 Å². The van der Waals surface area contributed by atoms with Crippen molar-refractivity contribution in [2.75, 3.05) is 12.4 Å². The first-order valence-corrected chi connectivity index (χ1v) is 9.80. The highest BCUT2D eigenvalue weighted by atomic mass is 35.5. The van der Waals surface area contributed by atoms with Gasteiger partial charge in [0.2, 0.25) is 0 Å². The van der Waals surface area contributed by atoms with Crippen LogP contribution in [0.15, 0.2) is 66.7 Å². The molecule has 0 heterocycles. The fourth-order valence-electron chi connectivity index (χ4n) is 3.09. The molecule has 3 aromatic rings. The van der Waals surface area contributed by atoms with Crippen LogP contribution in [0.3, 0.4) is 0 Å². The quantitative estimate of drug-likeness (QED) is 0.429. The van der Waals surface area contributed by atoms with E-state index in [0.29, 0.717) is 17.8 Å². The zero-order valence-corrected chi connectivity index (χ0v) is 17.7. The Hall–Kier alpha value is -3.71. The van der Waals surface area contributed by atoms with Crippen LogP contribution < -0.4 is 5.32 Å². The first kappa shape index (κ1) is 22.0. The second kappa shape index (κ2) is 9.40. The van der Waals surface area contributed by atoms with Crippen molar-refractivity contribution in [1.29, 1.82) is 0 Å². The Kier molecular flexibility index (Phi) is 6.67. The average molecular weight is 438 g/mol. The molecule has 0 fully saturated rings. The van der Waals surface area contributed by atoms with Crippen molar-refractivity contribution in [2.24, 2.45) is 0 Å². The van der Waals surface area contributed by atoms with E-state index in [4.69, 9.17) is 11.6 Å². The molecule has 0 atom stereocenters. The zero-order chi connectivity index (χ0) is 22.5. The summed E-state index contributed by atoms with van der Waals surface area (Å²) in [6.07, 6.45) is 0. The van der Waals surface area contributed by atoms with Gasteiger partial charge < -0.3 is 10.2 Å². The highest BCUT2D eigenvalue weighted by molar-refractivity contribution is 6.34. The first-order chi connectivity index (χ1) is 14.8. The molecule has 7 nitrogen and oxygen atoms in total. The topological polar surface area (TPSA) is 92.6 Å². The predicted molar refractivity (Wildman–Crippen MR) is 119 cm³/mol. The van der Waals surface area contributed by atoms with Gasteiger partial charge in [0.25, 0.3) is 17.5 Å². The third kappa shape index (κ3) is 5.07. The molecular weight excluding hydrogens is 418 g/mol. The van der Waals surface area contributed by atoms with Gasteiger partial charge in [0.05, 0.1) is 26.8 Å². The number of benzene rings is 3. The van der Waals surface area contributed by atoms with Gasteiger partial charge in [0.15, 0.2) is 0 Å². The van der Waals surface area contributed by atoms with Crippen LogP contribution in [0.25, 0.3) is 0 Å². The van der Waals surface area contributed by atoms with Crippen LogP contribution in [-0.4, -0.2) is 28.7 Å². The number of para-hydroxylation sites is 1. The minimum absolute atomic E-state index is 0.0489. The Morgan fingerprint density at radius 1 is 1.03 bits per heavy atom. The number of hydrogen-bond donors (Lipinski definition) is 1. The van der Waals surface area contributed by atoms with Crippen LogP contribution >= 0.6 is 11.6 Å². The van der Waals surface area contributed by atoms with Crippen LogP contribution in [0.4, 0.5) is 11.4 Å². The SMILES string of the molecule is Cc1ccccc1CN(C)C(=O)c1ccccc1NC(=O)c1ccc([N+](=O)[O-])cc1Cl. The highest BCUT2D eigenvalue weighted by Crippen LogP contribution is 2.25. The van der Waals surface area contributed by atoms with E-state index < -0.39 is 10.8 Å². The molecule has 2 amide bonds. The highest BCUT2D eigenvalue weighted by Gasteiger charge is 2.20. The lowest BCUT2D eigenvalue weighted by Crippen LogP contribution is -2.28. The van der Waals surface area contributed by atoms with E-state index in [1.165, 1.54) is 12.1 Å². The molecule has 0 unspecified atom stereocenters. The predicted octanol–water partition coefficient (Wildman–Crippen LogP) is 5.08. The van der Waals surface area contributed by atoms with Crippen molar-refractivity contribution in [1.82, 2.24) is 4.90 Å². The summed E-state index contributed by atoms with van der Waals surface area (Å²) in [7, 11) is 1.70. The van der Waals surface area contributed by atoms with Gasteiger partial charge in [-0.2, -0.15) is 0 Å². The maximum Gasteiger partial charge on any atom is 0.270 e. The number of aryl methyl sites for hydroxylation is 1. The summed E-state index contributed by atoms with van der Waals surface area (Å²) in [5, 5.41) is 13.5. The van der Waals surface area contributed by atoms with Crippen LogP contribution in [0.2, 0.25) is 5.02 Å². The Labute approximate surface area is 184 Å². The first-order valence-electron chi connectivity index (χ1n) is 9.42. The van der Waals surface area contributed by atoms with Crippen LogP contribution in [0, 0.1) is 17.0 Å². The molecule has 0 aliphatic rings. The van der Waals surface area contributed by atoms with E-state index >= 15 is 0 Å². The largest absolute Gasteiger partial charge is 0.337 e. The van der Waals surface area contributed by atoms with Crippen LogP contribution in [-0.2, 0) is 6.54 Å². The summed E-state index contributed by atoms with van der Waals surface area (Å²) < 4.78 is 0. The number of anilines is 1. The molecule has 0 saturated carbocycles. The maximum atomic E-state index is 13.1. The van der Waals surface area contributed by atoms with Crippen molar-refractivity contribution in [3.8, 4) is 0 Å². The number of carbonyl (C=O) groups excluding carboxylic acids is 2. The summed E-state index contributed by atoms with van der Waals surface area (Å²) in [5.74, 6) is -0.823. The van der Waals surface area contributed by atoms with Crippen molar-refractivity contribution in [3.63, 3.8) is 0 Å². The molecule has 3 aromatic carbocycles. The maximum absolute atomic E-state index is 13.1. The van der Waals surface area contributed by atoms with Gasteiger partial charge >= 0.3 is 0 Å². The molecule has 0 bridgehead atoms. The number of halogens is 1. The summed E-state index contributed by atoms with van der Waals surface area (Å²) >= 11 is 6.05. The van der Waals surface area contributed by atoms with E-state index in [2.05, 4.69) is 5.32 Å². The molecule has 0 spiro atoms. The van der Waals surface area contributed by atoms with Crippen LogP contribution in [0.1, 0.15) is 31.8 Å². The van der Waals surface area contributed by atoms with Crippen molar-refractivity contribution < 1.29 is 14.5 Å². The third-order valence-corrected chi connectivity index (χ3v) is 5.14. The monoisotopic (exact) mass is 437 g/mol. The molecular formula is C23H20ClN3O4. The Morgan fingerprint density at radius 2 is 1.71 bits per heavy atom. The second-order valence-corrected chi connectivity index (χ2v) is 7.42. The zero-order valence-electron chi connectivity index (χ0n) is 17.0. The Bertz CT molecular complexity index is 1160. The molecule has 0 radical (unpaired) electrons. The molecule has 0 aromatic heterocycles. The second-order valence-electron chi connectivity index (χ2n) is 7.01. The number of non-ortho nitro benzene ring substituents is 1. The minimum Gasteiger partial charge on any atom is -0.337 e. The van der Waals surface area contributed by atoms with Crippen LogP contribution in [0.5, 0.6) is 0 Å². The van der Waals surface area contributed by atoms with Crippen molar-refractivity contribution in [2.45, 2.75) is 13.5 Å². The average Bonchev–Trinajstić information content (AvgIpc) is 2.75. The number of rotatable bonds is 6. The number of carbonyl (C=O) groups is 2. The normalized spacial score (nSPS) is 10.4. The standard InChI is InChI=1S/C23H20ClN3O4/c1-15-7-3-4-8-16(15)14-26(2)23(29)19-9-5-6-10-21(19)25-22(28)18-12-11-17(27(30)31)13-20(18)24/h3-13H,14H2,1-2H3,(H,25,28). The lowest BCUT2D eigenvalue weighted by molar-refractivity contribution is -0.384. The number of amides is 2. The fourth-order valence-corrected chi connectivity index (χ4v) is 3.35. The smallest absolute Gasteiger partial charge is 0.270 e. The van der Waals surface area contributed by atoms with Gasteiger partial charge in [-0.3, -0.25) is 19.7 Å². The van der Waals surface area contributed by atoms with Gasteiger partial charge in [-0.05, 0) is 36.2 Å². The number of nitrogens with zero attached hydrogens (tertiary/aromatic N) is 2. The minimum atomic E-state index is -0.591. The van der Waals surface area contributed by atoms with E-state index in [1.807, 2.05) is 31.2 Å². The summed E-state index contributed by atoms with van der Waals surface area (Å²) in [6, 6.07) is 18.1. The van der Waals surface area contributed by atoms with E-state index in [9.17, 15) is 19.7 Å². The van der Waals surface area contributed by atoms with Gasteiger partial charge in [0, 0.05) is 25.7 Å². The number of nitro benzene ring substituents is 1. The lowest BCUT2D eigenvalue weighted by atomic mass is 10.1. The van der Waals surface area contributed by atoms with Crippen molar-refractivity contribution >= 4 is 34.8 Å². The summed E-state index contributed by atoms with van der Waals surface area (Å²) in [4.78, 5) is 37.6. The number of hydrogen-bond acceptors (Lipinski definition) is 4. The van der Waals surface area contributed by atoms with Crippen molar-refractivity contribution in [3.05, 3.63) is 104 Å². The molecule has 158 valence electrons. The third-order valence-electron chi connectivity index (χ3n) is 4.83. The van der Waals surface area contributed by atoms with Gasteiger partial charge in [-0.15, -0.1) is 0 Å². The number of nitrogens with one attached hydrogen (secondary N) is 1. The lowest BCUT2D eigenvalue weighted by Gasteiger charge is -2.20. The van der Waals surface area contributed by atoms with E-state index in [0.717, 1.165) is 17.2 Å². The molecule has 0 aliphatic heterocycles. The molecule has 0 aliphatic carbocycles. The number of nitro groups is 1. The Morgan fingerprint density at radius 3 is 2.39 bits per heavy atom.